The minimum atomic E-state index is 0.689. The number of hydrogen-bond donors (Lipinski definition) is 1. The molecule has 1 N–H and O–H groups in total. The first-order chi connectivity index (χ1) is 10.5. The third-order valence-corrected chi connectivity index (χ3v) is 3.07. The predicted molar refractivity (Wildman–Crippen MR) is 96.2 cm³/mol. The van der Waals surface area contributed by atoms with Crippen LogP contribution in [0.5, 0.6) is 0 Å². The molecule has 0 atom stereocenters. The molecule has 0 spiro atoms. The second-order valence-electron chi connectivity index (χ2n) is 5.01. The van der Waals surface area contributed by atoms with Gasteiger partial charge in [0.15, 0.2) is 0 Å². The third kappa shape index (κ3) is 5.20. The first-order valence-corrected chi connectivity index (χ1v) is 7.27. The molecule has 0 unspecified atom stereocenters. The molecule has 0 saturated heterocycles. The number of rotatable bonds is 8. The van der Waals surface area contributed by atoms with Crippen molar-refractivity contribution in [1.29, 1.82) is 0 Å². The summed E-state index contributed by atoms with van der Waals surface area (Å²) in [4.78, 5) is 17.4. The summed E-state index contributed by atoms with van der Waals surface area (Å²) in [5.41, 5.74) is 0.988. The van der Waals surface area contributed by atoms with E-state index in [2.05, 4.69) is 26.9 Å². The lowest BCUT2D eigenvalue weighted by Gasteiger charge is -2.20. The second-order valence-corrected chi connectivity index (χ2v) is 5.01. The summed E-state index contributed by atoms with van der Waals surface area (Å²) < 4.78 is 0. The van der Waals surface area contributed by atoms with Crippen molar-refractivity contribution in [3.05, 3.63) is 30.5 Å². The molecule has 0 aliphatic carbocycles. The molecule has 1 rings (SSSR count). The van der Waals surface area contributed by atoms with Gasteiger partial charge in [-0.15, -0.1) is 0 Å². The fraction of sp³-hybridized carbons (Fsp3) is 0.438. The van der Waals surface area contributed by atoms with Crippen molar-refractivity contribution in [1.82, 2.24) is 9.97 Å². The highest BCUT2D eigenvalue weighted by molar-refractivity contribution is 5.55. The molecule has 0 aromatic carbocycles. The molecule has 1 aromatic heterocycles. The zero-order chi connectivity index (χ0) is 16.5. The van der Waals surface area contributed by atoms with Gasteiger partial charge in [-0.3, -0.25) is 4.99 Å². The largest absolute Gasteiger partial charge is 0.373 e. The molecule has 0 aliphatic heterocycles. The topological polar surface area (TPSA) is 56.7 Å². The van der Waals surface area contributed by atoms with Crippen molar-refractivity contribution in [2.75, 3.05) is 49.9 Å². The van der Waals surface area contributed by atoms with Gasteiger partial charge >= 0.3 is 0 Å². The molecule has 0 bridgehead atoms. The Morgan fingerprint density at radius 3 is 2.64 bits per heavy atom. The van der Waals surface area contributed by atoms with Crippen molar-refractivity contribution in [2.24, 2.45) is 4.99 Å². The highest BCUT2D eigenvalue weighted by atomic mass is 15.3. The minimum Gasteiger partial charge on any atom is -0.373 e. The quantitative estimate of drug-likeness (QED) is 0.591. The van der Waals surface area contributed by atoms with Crippen LogP contribution in [0.2, 0.25) is 0 Å². The van der Waals surface area contributed by atoms with Gasteiger partial charge in [-0.1, -0.05) is 12.7 Å². The average molecular weight is 302 g/mol. The lowest BCUT2D eigenvalue weighted by atomic mass is 10.3. The average Bonchev–Trinajstić information content (AvgIpc) is 2.52. The van der Waals surface area contributed by atoms with Crippen LogP contribution in [-0.2, 0) is 0 Å². The summed E-state index contributed by atoms with van der Waals surface area (Å²) >= 11 is 0. The van der Waals surface area contributed by atoms with Crippen LogP contribution in [-0.4, -0.2) is 50.9 Å². The second kappa shape index (κ2) is 8.81. The summed E-state index contributed by atoms with van der Waals surface area (Å²) in [6.07, 6.45) is 6.27. The SMILES string of the molecule is C=C/C=C(/CCN(C)c1nc(NC)cc(N(C)C)n1)N=CC. The summed E-state index contributed by atoms with van der Waals surface area (Å²) in [5.74, 6) is 2.36. The fourth-order valence-electron chi connectivity index (χ4n) is 1.82. The van der Waals surface area contributed by atoms with E-state index in [-0.39, 0.29) is 0 Å². The molecule has 6 heteroatoms. The first kappa shape index (κ1) is 17.7. The van der Waals surface area contributed by atoms with Crippen LogP contribution in [0.1, 0.15) is 13.3 Å². The maximum absolute atomic E-state index is 4.57. The molecule has 0 amide bonds. The maximum atomic E-state index is 4.57. The Morgan fingerprint density at radius 2 is 2.09 bits per heavy atom. The fourth-order valence-corrected chi connectivity index (χ4v) is 1.82. The normalized spacial score (nSPS) is 11.6. The van der Waals surface area contributed by atoms with Gasteiger partial charge in [0.05, 0.1) is 0 Å². The minimum absolute atomic E-state index is 0.689. The highest BCUT2D eigenvalue weighted by Gasteiger charge is 2.10. The van der Waals surface area contributed by atoms with Crippen molar-refractivity contribution in [3.63, 3.8) is 0 Å². The Morgan fingerprint density at radius 1 is 1.36 bits per heavy atom. The standard InChI is InChI=1S/C16H26N6/c1-7-9-13(18-8-2)10-11-22(6)16-19-14(17-3)12-15(20-16)21(4)5/h7-9,12H,1,10-11H2,2-6H3,(H,17,19,20)/b13-9-,18-8?. The van der Waals surface area contributed by atoms with Crippen LogP contribution in [0, 0.1) is 0 Å². The van der Waals surface area contributed by atoms with Crippen molar-refractivity contribution < 1.29 is 0 Å². The van der Waals surface area contributed by atoms with Gasteiger partial charge in [0.1, 0.15) is 11.6 Å². The number of aliphatic imine (C=N–C) groups is 1. The smallest absolute Gasteiger partial charge is 0.229 e. The Hall–Kier alpha value is -2.37. The van der Waals surface area contributed by atoms with Gasteiger partial charge in [0, 0.05) is 59.1 Å². The van der Waals surface area contributed by atoms with Gasteiger partial charge in [-0.25, -0.2) is 0 Å². The number of allylic oxidation sites excluding steroid dienone is 2. The van der Waals surface area contributed by atoms with E-state index >= 15 is 0 Å². The van der Waals surface area contributed by atoms with E-state index in [1.165, 1.54) is 0 Å². The molecule has 0 fully saturated rings. The highest BCUT2D eigenvalue weighted by Crippen LogP contribution is 2.18. The number of aromatic nitrogens is 2. The van der Waals surface area contributed by atoms with E-state index < -0.39 is 0 Å². The summed E-state index contributed by atoms with van der Waals surface area (Å²) in [6.45, 7) is 6.40. The van der Waals surface area contributed by atoms with E-state index in [4.69, 9.17) is 0 Å². The molecule has 120 valence electrons. The van der Waals surface area contributed by atoms with Crippen LogP contribution in [0.4, 0.5) is 17.6 Å². The van der Waals surface area contributed by atoms with Crippen LogP contribution >= 0.6 is 0 Å². The van der Waals surface area contributed by atoms with E-state index in [0.29, 0.717) is 5.95 Å². The molecule has 0 radical (unpaired) electrons. The molecule has 6 nitrogen and oxygen atoms in total. The lowest BCUT2D eigenvalue weighted by molar-refractivity contribution is 0.824. The van der Waals surface area contributed by atoms with Crippen molar-refractivity contribution in [3.8, 4) is 0 Å². The van der Waals surface area contributed by atoms with Crippen LogP contribution < -0.4 is 15.1 Å². The maximum Gasteiger partial charge on any atom is 0.229 e. The van der Waals surface area contributed by atoms with E-state index in [9.17, 15) is 0 Å². The molecular formula is C16H26N6. The van der Waals surface area contributed by atoms with Gasteiger partial charge < -0.3 is 15.1 Å². The Labute approximate surface area is 133 Å². The zero-order valence-corrected chi connectivity index (χ0v) is 14.2. The number of anilines is 3. The predicted octanol–water partition coefficient (Wildman–Crippen LogP) is 2.57. The third-order valence-electron chi connectivity index (χ3n) is 3.07. The summed E-state index contributed by atoms with van der Waals surface area (Å²) in [5, 5.41) is 3.07. The van der Waals surface area contributed by atoms with Gasteiger partial charge in [0.2, 0.25) is 5.95 Å². The van der Waals surface area contributed by atoms with Crippen molar-refractivity contribution >= 4 is 23.8 Å². The molecule has 1 aromatic rings. The number of nitrogens with one attached hydrogen (secondary N) is 1. The Kier molecular flexibility index (Phi) is 7.08. The van der Waals surface area contributed by atoms with Crippen LogP contribution in [0.15, 0.2) is 35.5 Å². The Balaban J connectivity index is 2.88. The molecule has 0 aliphatic rings. The van der Waals surface area contributed by atoms with E-state index in [1.807, 2.05) is 57.1 Å². The monoisotopic (exact) mass is 302 g/mol. The molecule has 22 heavy (non-hydrogen) atoms. The van der Waals surface area contributed by atoms with Gasteiger partial charge in [-0.05, 0) is 13.0 Å². The lowest BCUT2D eigenvalue weighted by Crippen LogP contribution is -2.23. The summed E-state index contributed by atoms with van der Waals surface area (Å²) in [7, 11) is 7.76. The van der Waals surface area contributed by atoms with Crippen LogP contribution in [0.3, 0.4) is 0 Å². The molecular weight excluding hydrogens is 276 g/mol. The number of nitrogens with zero attached hydrogens (tertiary/aromatic N) is 5. The first-order valence-electron chi connectivity index (χ1n) is 7.27. The molecule has 0 saturated carbocycles. The van der Waals surface area contributed by atoms with Crippen LogP contribution in [0.25, 0.3) is 0 Å². The molecule has 1 heterocycles. The van der Waals surface area contributed by atoms with E-state index in [1.54, 1.807) is 12.3 Å². The zero-order valence-electron chi connectivity index (χ0n) is 14.2. The summed E-state index contributed by atoms with van der Waals surface area (Å²) in [6, 6.07) is 1.92. The van der Waals surface area contributed by atoms with Crippen molar-refractivity contribution in [2.45, 2.75) is 13.3 Å². The van der Waals surface area contributed by atoms with E-state index in [0.717, 1.165) is 30.3 Å². The van der Waals surface area contributed by atoms with Gasteiger partial charge in [-0.2, -0.15) is 9.97 Å². The Bertz CT molecular complexity index is 548. The number of hydrogen-bond acceptors (Lipinski definition) is 6. The van der Waals surface area contributed by atoms with Gasteiger partial charge in [0.25, 0.3) is 0 Å².